The fraction of sp³-hybridized carbons (Fsp3) is 0.476. The highest BCUT2D eigenvalue weighted by Crippen LogP contribution is 2.35. The number of carboxylic acids is 1. The SMILES string of the molecule is CC(C)=CCC/C(C)=C/Cc1c(O)cc(CCCCCl)c(C(=O)O)c1O. The molecule has 0 bridgehead atoms. The molecule has 0 spiro atoms. The van der Waals surface area contributed by atoms with E-state index in [1.807, 2.05) is 13.0 Å². The first-order chi connectivity index (χ1) is 12.3. The van der Waals surface area contributed by atoms with Gasteiger partial charge in [0.05, 0.1) is 0 Å². The first-order valence-electron chi connectivity index (χ1n) is 8.92. The second-order valence-corrected chi connectivity index (χ2v) is 7.16. The van der Waals surface area contributed by atoms with Gasteiger partial charge in [-0.2, -0.15) is 0 Å². The number of hydrogen-bond acceptors (Lipinski definition) is 3. The number of rotatable bonds is 10. The second kappa shape index (κ2) is 10.9. The summed E-state index contributed by atoms with van der Waals surface area (Å²) in [5.74, 6) is -1.10. The van der Waals surface area contributed by atoms with Crippen LogP contribution in [-0.2, 0) is 12.8 Å². The predicted molar refractivity (Wildman–Crippen MR) is 107 cm³/mol. The highest BCUT2D eigenvalue weighted by atomic mass is 35.5. The van der Waals surface area contributed by atoms with Crippen molar-refractivity contribution in [2.24, 2.45) is 0 Å². The molecule has 0 atom stereocenters. The van der Waals surface area contributed by atoms with Gasteiger partial charge in [-0.05, 0) is 70.9 Å². The number of aromatic carboxylic acids is 1. The molecule has 0 aromatic heterocycles. The molecular formula is C21H29ClO4. The summed E-state index contributed by atoms with van der Waals surface area (Å²) in [4.78, 5) is 11.6. The van der Waals surface area contributed by atoms with Crippen LogP contribution in [0, 0.1) is 0 Å². The number of carbonyl (C=O) groups is 1. The number of hydrogen-bond donors (Lipinski definition) is 3. The summed E-state index contributed by atoms with van der Waals surface area (Å²) < 4.78 is 0. The van der Waals surface area contributed by atoms with Gasteiger partial charge in [-0.3, -0.25) is 0 Å². The van der Waals surface area contributed by atoms with Gasteiger partial charge >= 0.3 is 5.97 Å². The van der Waals surface area contributed by atoms with Crippen LogP contribution < -0.4 is 0 Å². The van der Waals surface area contributed by atoms with Crippen LogP contribution in [0.25, 0.3) is 0 Å². The van der Waals surface area contributed by atoms with Crippen LogP contribution in [0.15, 0.2) is 29.4 Å². The van der Waals surface area contributed by atoms with Gasteiger partial charge in [0.1, 0.15) is 17.1 Å². The van der Waals surface area contributed by atoms with Crippen molar-refractivity contribution in [1.29, 1.82) is 0 Å². The van der Waals surface area contributed by atoms with E-state index in [-0.39, 0.29) is 22.6 Å². The molecule has 1 rings (SSSR count). The summed E-state index contributed by atoms with van der Waals surface area (Å²) >= 11 is 5.66. The van der Waals surface area contributed by atoms with Crippen molar-refractivity contribution < 1.29 is 20.1 Å². The minimum absolute atomic E-state index is 0.0679. The average Bonchev–Trinajstić information content (AvgIpc) is 2.53. The molecule has 4 nitrogen and oxygen atoms in total. The normalized spacial score (nSPS) is 11.5. The summed E-state index contributed by atoms with van der Waals surface area (Å²) in [5, 5.41) is 30.2. The molecule has 3 N–H and O–H groups in total. The standard InChI is InChI=1S/C21H29ClO4/c1-14(2)7-6-8-15(3)10-11-17-18(23)13-16(9-4-5-12-22)19(20(17)24)21(25)26/h7,10,13,23-24H,4-6,8-9,11-12H2,1-3H3,(H,25,26)/b15-10+. The molecule has 0 aliphatic rings. The van der Waals surface area contributed by atoms with Crippen molar-refractivity contribution in [2.75, 3.05) is 5.88 Å². The van der Waals surface area contributed by atoms with E-state index in [4.69, 9.17) is 11.6 Å². The first kappa shape index (κ1) is 22.1. The molecule has 0 heterocycles. The Morgan fingerprint density at radius 1 is 1.15 bits per heavy atom. The van der Waals surface area contributed by atoms with Gasteiger partial charge in [0.15, 0.2) is 0 Å². The quantitative estimate of drug-likeness (QED) is 0.281. The van der Waals surface area contributed by atoms with Crippen molar-refractivity contribution in [1.82, 2.24) is 0 Å². The molecule has 0 unspecified atom stereocenters. The number of benzene rings is 1. The molecule has 1 aromatic rings. The third-order valence-electron chi connectivity index (χ3n) is 4.25. The Balaban J connectivity index is 3.03. The number of phenolic OH excluding ortho intramolecular Hbond substituents is 1. The van der Waals surface area contributed by atoms with Gasteiger partial charge in [0.25, 0.3) is 0 Å². The average molecular weight is 381 g/mol. The summed E-state index contributed by atoms with van der Waals surface area (Å²) in [7, 11) is 0. The summed E-state index contributed by atoms with van der Waals surface area (Å²) in [5.41, 5.74) is 2.96. The molecular weight excluding hydrogens is 352 g/mol. The Morgan fingerprint density at radius 2 is 1.85 bits per heavy atom. The van der Waals surface area contributed by atoms with Crippen molar-refractivity contribution in [3.8, 4) is 11.5 Å². The Morgan fingerprint density at radius 3 is 2.42 bits per heavy atom. The molecule has 5 heteroatoms. The van der Waals surface area contributed by atoms with Gasteiger partial charge in [-0.1, -0.05) is 23.3 Å². The maximum absolute atomic E-state index is 11.6. The summed E-state index contributed by atoms with van der Waals surface area (Å²) in [6.07, 6.45) is 8.09. The molecule has 1 aromatic carbocycles. The van der Waals surface area contributed by atoms with Gasteiger partial charge in [-0.25, -0.2) is 4.79 Å². The van der Waals surface area contributed by atoms with Gasteiger partial charge in [0, 0.05) is 11.4 Å². The van der Waals surface area contributed by atoms with E-state index in [1.54, 1.807) is 0 Å². The third kappa shape index (κ3) is 6.75. The van der Waals surface area contributed by atoms with Gasteiger partial charge in [-0.15, -0.1) is 11.6 Å². The predicted octanol–water partition coefficient (Wildman–Crippen LogP) is 5.59. The van der Waals surface area contributed by atoms with Gasteiger partial charge < -0.3 is 15.3 Å². The number of unbranched alkanes of at least 4 members (excludes halogenated alkanes) is 1. The summed E-state index contributed by atoms with van der Waals surface area (Å²) in [6.45, 7) is 6.10. The van der Waals surface area contributed by atoms with Crippen LogP contribution in [0.3, 0.4) is 0 Å². The molecule has 0 saturated carbocycles. The van der Waals surface area contributed by atoms with Crippen molar-refractivity contribution in [3.05, 3.63) is 46.1 Å². The van der Waals surface area contributed by atoms with Crippen LogP contribution in [0.1, 0.15) is 67.9 Å². The molecule has 0 aliphatic heterocycles. The van der Waals surface area contributed by atoms with E-state index in [9.17, 15) is 20.1 Å². The van der Waals surface area contributed by atoms with E-state index in [1.165, 1.54) is 11.6 Å². The number of aromatic hydroxyl groups is 2. The minimum atomic E-state index is -1.19. The maximum atomic E-state index is 11.6. The van der Waals surface area contributed by atoms with Crippen molar-refractivity contribution in [2.45, 2.75) is 59.3 Å². The topological polar surface area (TPSA) is 77.8 Å². The highest BCUT2D eigenvalue weighted by Gasteiger charge is 2.21. The lowest BCUT2D eigenvalue weighted by atomic mass is 9.95. The lowest BCUT2D eigenvalue weighted by Crippen LogP contribution is -2.06. The van der Waals surface area contributed by atoms with E-state index in [0.717, 1.165) is 24.8 Å². The highest BCUT2D eigenvalue weighted by molar-refractivity contribution is 6.17. The monoisotopic (exact) mass is 380 g/mol. The number of halogens is 1. The largest absolute Gasteiger partial charge is 0.508 e. The van der Waals surface area contributed by atoms with E-state index >= 15 is 0 Å². The molecule has 144 valence electrons. The number of phenols is 2. The van der Waals surface area contributed by atoms with Crippen LogP contribution in [0.4, 0.5) is 0 Å². The Kier molecular flexibility index (Phi) is 9.28. The second-order valence-electron chi connectivity index (χ2n) is 6.78. The lowest BCUT2D eigenvalue weighted by Gasteiger charge is -2.14. The molecule has 0 aliphatic carbocycles. The molecule has 0 fully saturated rings. The van der Waals surface area contributed by atoms with Crippen molar-refractivity contribution in [3.63, 3.8) is 0 Å². The number of carboxylic acid groups (broad SMARTS) is 1. The zero-order valence-electron chi connectivity index (χ0n) is 15.8. The zero-order valence-corrected chi connectivity index (χ0v) is 16.6. The fourth-order valence-electron chi connectivity index (χ4n) is 2.76. The molecule has 0 radical (unpaired) electrons. The third-order valence-corrected chi connectivity index (χ3v) is 4.52. The molecule has 0 amide bonds. The smallest absolute Gasteiger partial charge is 0.339 e. The fourth-order valence-corrected chi connectivity index (χ4v) is 2.95. The number of aryl methyl sites for hydroxylation is 1. The van der Waals surface area contributed by atoms with Crippen LogP contribution in [0.2, 0.25) is 0 Å². The molecule has 26 heavy (non-hydrogen) atoms. The zero-order chi connectivity index (χ0) is 19.7. The Bertz CT molecular complexity index is 686. The summed E-state index contributed by atoms with van der Waals surface area (Å²) in [6, 6.07) is 1.46. The minimum Gasteiger partial charge on any atom is -0.508 e. The van der Waals surface area contributed by atoms with Crippen LogP contribution in [0.5, 0.6) is 11.5 Å². The molecule has 0 saturated heterocycles. The van der Waals surface area contributed by atoms with Gasteiger partial charge in [0.2, 0.25) is 0 Å². The Hall–Kier alpha value is -1.94. The maximum Gasteiger partial charge on any atom is 0.339 e. The van der Waals surface area contributed by atoms with Crippen molar-refractivity contribution >= 4 is 17.6 Å². The van der Waals surface area contributed by atoms with E-state index < -0.39 is 5.97 Å². The lowest BCUT2D eigenvalue weighted by molar-refractivity contribution is 0.0692. The number of allylic oxidation sites excluding steroid dienone is 4. The van der Waals surface area contributed by atoms with E-state index in [2.05, 4.69) is 19.9 Å². The number of alkyl halides is 1. The Labute approximate surface area is 160 Å². The van der Waals surface area contributed by atoms with E-state index in [0.29, 0.717) is 30.7 Å². The first-order valence-corrected chi connectivity index (χ1v) is 9.46. The van der Waals surface area contributed by atoms with Crippen LogP contribution >= 0.6 is 11.6 Å². The van der Waals surface area contributed by atoms with Crippen LogP contribution in [-0.4, -0.2) is 27.2 Å².